The van der Waals surface area contributed by atoms with Gasteiger partial charge in [0.15, 0.2) is 5.76 Å². The maximum Gasteiger partial charge on any atom is 0.208 e. The monoisotopic (exact) mass is 236 g/mol. The molecule has 92 valence electrons. The van der Waals surface area contributed by atoms with Gasteiger partial charge in [-0.05, 0) is 0 Å². The molecule has 1 N–H and O–H groups in total. The summed E-state index contributed by atoms with van der Waals surface area (Å²) in [6.07, 6.45) is 5.31. The van der Waals surface area contributed by atoms with Gasteiger partial charge in [0.05, 0.1) is 25.7 Å². The van der Waals surface area contributed by atoms with Gasteiger partial charge in [0.1, 0.15) is 5.69 Å². The van der Waals surface area contributed by atoms with Gasteiger partial charge in [0.2, 0.25) is 5.89 Å². The zero-order valence-electron chi connectivity index (χ0n) is 10.0. The molecule has 0 saturated carbocycles. The summed E-state index contributed by atoms with van der Waals surface area (Å²) in [5.74, 6) is 1.34. The molecule has 2 rings (SSSR count). The van der Waals surface area contributed by atoms with Crippen LogP contribution in [0.25, 0.3) is 11.5 Å². The highest BCUT2D eigenvalue weighted by Gasteiger charge is 2.07. The van der Waals surface area contributed by atoms with Crippen LogP contribution in [0, 0.1) is 0 Å². The standard InChI is InChI=1S/C11H16N4O2/c1-15-7-9(14-8-15)10-5-13-11(17-10)6-12-3-4-16-2/h5,7-8,12H,3-4,6H2,1-2H3. The lowest BCUT2D eigenvalue weighted by atomic mass is 10.4. The van der Waals surface area contributed by atoms with Crippen molar-refractivity contribution in [2.45, 2.75) is 6.54 Å². The number of aryl methyl sites for hydroxylation is 1. The SMILES string of the molecule is COCCNCc1ncc(-c2cn(C)cn2)o1. The second kappa shape index (κ2) is 5.60. The van der Waals surface area contributed by atoms with Crippen molar-refractivity contribution in [2.24, 2.45) is 7.05 Å². The molecular formula is C11H16N4O2. The minimum Gasteiger partial charge on any atom is -0.438 e. The molecule has 2 heterocycles. The number of hydrogen-bond acceptors (Lipinski definition) is 5. The second-order valence-electron chi connectivity index (χ2n) is 3.71. The highest BCUT2D eigenvalue weighted by Crippen LogP contribution is 2.17. The average molecular weight is 236 g/mol. The van der Waals surface area contributed by atoms with E-state index in [0.717, 1.165) is 12.2 Å². The van der Waals surface area contributed by atoms with E-state index in [9.17, 15) is 0 Å². The van der Waals surface area contributed by atoms with Crippen molar-refractivity contribution in [3.63, 3.8) is 0 Å². The van der Waals surface area contributed by atoms with Gasteiger partial charge in [0.25, 0.3) is 0 Å². The number of aromatic nitrogens is 3. The highest BCUT2D eigenvalue weighted by atomic mass is 16.5. The van der Waals surface area contributed by atoms with Crippen LogP contribution in [-0.2, 0) is 18.3 Å². The van der Waals surface area contributed by atoms with E-state index in [1.807, 2.05) is 17.8 Å². The molecule has 0 spiro atoms. The second-order valence-corrected chi connectivity index (χ2v) is 3.71. The first-order chi connectivity index (χ1) is 8.29. The van der Waals surface area contributed by atoms with Crippen molar-refractivity contribution in [3.05, 3.63) is 24.6 Å². The number of imidazole rings is 1. The van der Waals surface area contributed by atoms with E-state index in [1.165, 1.54) is 0 Å². The average Bonchev–Trinajstić information content (AvgIpc) is 2.93. The van der Waals surface area contributed by atoms with Crippen LogP contribution in [0.1, 0.15) is 5.89 Å². The summed E-state index contributed by atoms with van der Waals surface area (Å²) in [5, 5.41) is 3.17. The summed E-state index contributed by atoms with van der Waals surface area (Å²) in [5.41, 5.74) is 0.795. The Hall–Kier alpha value is -1.66. The summed E-state index contributed by atoms with van der Waals surface area (Å²) < 4.78 is 12.4. The van der Waals surface area contributed by atoms with Crippen LogP contribution >= 0.6 is 0 Å². The lowest BCUT2D eigenvalue weighted by Gasteiger charge is -1.99. The van der Waals surface area contributed by atoms with Crippen LogP contribution in [0.15, 0.2) is 23.1 Å². The van der Waals surface area contributed by atoms with E-state index in [1.54, 1.807) is 19.6 Å². The third-order valence-corrected chi connectivity index (χ3v) is 2.27. The lowest BCUT2D eigenvalue weighted by Crippen LogP contribution is -2.18. The first kappa shape index (κ1) is 11.8. The highest BCUT2D eigenvalue weighted by molar-refractivity contribution is 5.48. The number of hydrogen-bond donors (Lipinski definition) is 1. The molecule has 0 aliphatic carbocycles. The number of nitrogens with one attached hydrogen (secondary N) is 1. The van der Waals surface area contributed by atoms with E-state index >= 15 is 0 Å². The summed E-state index contributed by atoms with van der Waals surface area (Å²) >= 11 is 0. The fraction of sp³-hybridized carbons (Fsp3) is 0.455. The van der Waals surface area contributed by atoms with Gasteiger partial charge in [-0.1, -0.05) is 0 Å². The molecule has 6 nitrogen and oxygen atoms in total. The molecular weight excluding hydrogens is 220 g/mol. The molecule has 0 unspecified atom stereocenters. The Kier molecular flexibility index (Phi) is 3.89. The van der Waals surface area contributed by atoms with Crippen molar-refractivity contribution in [3.8, 4) is 11.5 Å². The maximum atomic E-state index is 5.57. The molecule has 0 aliphatic heterocycles. The van der Waals surface area contributed by atoms with Crippen molar-refractivity contribution >= 4 is 0 Å². The first-order valence-electron chi connectivity index (χ1n) is 5.42. The normalized spacial score (nSPS) is 10.9. The van der Waals surface area contributed by atoms with Gasteiger partial charge < -0.3 is 19.0 Å². The minimum absolute atomic E-state index is 0.593. The van der Waals surface area contributed by atoms with Crippen LogP contribution in [0.2, 0.25) is 0 Å². The fourth-order valence-corrected chi connectivity index (χ4v) is 1.42. The van der Waals surface area contributed by atoms with E-state index in [2.05, 4.69) is 15.3 Å². The van der Waals surface area contributed by atoms with Gasteiger partial charge in [0, 0.05) is 26.9 Å². The van der Waals surface area contributed by atoms with Crippen LogP contribution in [0.3, 0.4) is 0 Å². The molecule has 0 bridgehead atoms. The van der Waals surface area contributed by atoms with E-state index < -0.39 is 0 Å². The van der Waals surface area contributed by atoms with Crippen molar-refractivity contribution in [1.82, 2.24) is 19.9 Å². The summed E-state index contributed by atoms with van der Waals surface area (Å²) in [7, 11) is 3.59. The van der Waals surface area contributed by atoms with Gasteiger partial charge in [-0.2, -0.15) is 0 Å². The Morgan fingerprint density at radius 3 is 3.06 bits per heavy atom. The third-order valence-electron chi connectivity index (χ3n) is 2.27. The molecule has 6 heteroatoms. The topological polar surface area (TPSA) is 65.1 Å². The zero-order valence-corrected chi connectivity index (χ0v) is 10.0. The molecule has 0 aliphatic rings. The van der Waals surface area contributed by atoms with Gasteiger partial charge in [-0.15, -0.1) is 0 Å². The number of ether oxygens (including phenoxy) is 1. The molecule has 2 aromatic heterocycles. The molecule has 0 saturated heterocycles. The maximum absolute atomic E-state index is 5.57. The Morgan fingerprint density at radius 2 is 2.35 bits per heavy atom. The molecule has 0 fully saturated rings. The summed E-state index contributed by atoms with van der Waals surface area (Å²) in [4.78, 5) is 8.38. The van der Waals surface area contributed by atoms with Gasteiger partial charge in [-0.3, -0.25) is 0 Å². The Bertz CT molecular complexity index is 463. The fourth-order valence-electron chi connectivity index (χ4n) is 1.42. The van der Waals surface area contributed by atoms with Crippen LogP contribution < -0.4 is 5.32 Å². The van der Waals surface area contributed by atoms with E-state index in [0.29, 0.717) is 24.8 Å². The third kappa shape index (κ3) is 3.15. The van der Waals surface area contributed by atoms with E-state index in [4.69, 9.17) is 9.15 Å². The van der Waals surface area contributed by atoms with Crippen molar-refractivity contribution in [1.29, 1.82) is 0 Å². The summed E-state index contributed by atoms with van der Waals surface area (Å²) in [6, 6.07) is 0. The number of nitrogens with zero attached hydrogens (tertiary/aromatic N) is 3. The first-order valence-corrected chi connectivity index (χ1v) is 5.42. The van der Waals surface area contributed by atoms with Crippen molar-refractivity contribution < 1.29 is 9.15 Å². The Morgan fingerprint density at radius 1 is 1.47 bits per heavy atom. The molecule has 0 amide bonds. The number of oxazole rings is 1. The molecule has 0 aromatic carbocycles. The largest absolute Gasteiger partial charge is 0.438 e. The summed E-state index contributed by atoms with van der Waals surface area (Å²) in [6.45, 7) is 2.04. The number of rotatable bonds is 6. The van der Waals surface area contributed by atoms with E-state index in [-0.39, 0.29) is 0 Å². The Labute approximate surface area is 99.6 Å². The molecule has 0 atom stereocenters. The lowest BCUT2D eigenvalue weighted by molar-refractivity contribution is 0.198. The zero-order chi connectivity index (χ0) is 12.1. The Balaban J connectivity index is 1.92. The van der Waals surface area contributed by atoms with Gasteiger partial charge in [-0.25, -0.2) is 9.97 Å². The number of methoxy groups -OCH3 is 1. The molecule has 17 heavy (non-hydrogen) atoms. The van der Waals surface area contributed by atoms with Crippen LogP contribution in [0.4, 0.5) is 0 Å². The van der Waals surface area contributed by atoms with Gasteiger partial charge >= 0.3 is 0 Å². The molecule has 2 aromatic rings. The quantitative estimate of drug-likeness (QED) is 0.752. The smallest absolute Gasteiger partial charge is 0.208 e. The van der Waals surface area contributed by atoms with Crippen molar-refractivity contribution in [2.75, 3.05) is 20.3 Å². The molecule has 0 radical (unpaired) electrons. The predicted molar refractivity (Wildman–Crippen MR) is 62.3 cm³/mol. The minimum atomic E-state index is 0.593. The van der Waals surface area contributed by atoms with Crippen LogP contribution in [0.5, 0.6) is 0 Å². The predicted octanol–water partition coefficient (Wildman–Crippen LogP) is 0.811. The van der Waals surface area contributed by atoms with Crippen LogP contribution in [-0.4, -0.2) is 34.8 Å².